The topological polar surface area (TPSA) is 78.5 Å². The fourth-order valence-corrected chi connectivity index (χ4v) is 3.73. The van der Waals surface area contributed by atoms with E-state index in [1.54, 1.807) is 18.2 Å². The molecular weight excluding hydrogens is 399 g/mol. The van der Waals surface area contributed by atoms with E-state index >= 15 is 0 Å². The van der Waals surface area contributed by atoms with E-state index in [0.717, 1.165) is 0 Å². The van der Waals surface area contributed by atoms with Crippen molar-refractivity contribution in [1.29, 1.82) is 0 Å². The minimum atomic E-state index is -3.08. The van der Waals surface area contributed by atoms with Gasteiger partial charge in [-0.1, -0.05) is 18.2 Å². The number of hydrogen-bond donors (Lipinski definition) is 2. The van der Waals surface area contributed by atoms with Gasteiger partial charge in [0.2, 0.25) is 0 Å². The maximum Gasteiger partial charge on any atom is 0.387 e. The van der Waals surface area contributed by atoms with Crippen LogP contribution in [0.4, 0.5) is 13.2 Å². The van der Waals surface area contributed by atoms with Gasteiger partial charge in [0.1, 0.15) is 11.6 Å². The predicted octanol–water partition coefficient (Wildman–Crippen LogP) is 3.77. The Balaban J connectivity index is 1.69. The number of aromatic amines is 1. The van der Waals surface area contributed by atoms with E-state index in [1.807, 2.05) is 0 Å². The summed E-state index contributed by atoms with van der Waals surface area (Å²) < 4.78 is 44.8. The molecular formula is C21H18F3N3O3. The lowest BCUT2D eigenvalue weighted by molar-refractivity contribution is -0.0495. The second kappa shape index (κ2) is 8.19. The van der Waals surface area contributed by atoms with E-state index in [9.17, 15) is 23.1 Å². The summed E-state index contributed by atoms with van der Waals surface area (Å²) in [4.78, 5) is 14.5. The fourth-order valence-electron chi connectivity index (χ4n) is 3.73. The van der Waals surface area contributed by atoms with Crippen molar-refractivity contribution in [3.63, 3.8) is 0 Å². The molecule has 2 N–H and O–H groups in total. The zero-order chi connectivity index (χ0) is 21.3. The Morgan fingerprint density at radius 3 is 2.77 bits per heavy atom. The van der Waals surface area contributed by atoms with Crippen molar-refractivity contribution in [1.82, 2.24) is 15.1 Å². The number of hydrogen-bond acceptors (Lipinski definition) is 4. The molecule has 1 aromatic heterocycles. The van der Waals surface area contributed by atoms with Crippen LogP contribution >= 0.6 is 0 Å². The molecule has 0 spiro atoms. The molecule has 1 saturated heterocycles. The summed E-state index contributed by atoms with van der Waals surface area (Å²) in [6.07, 6.45) is 2.32. The highest BCUT2D eigenvalue weighted by molar-refractivity contribution is 5.96. The summed E-state index contributed by atoms with van der Waals surface area (Å²) >= 11 is 0. The number of β-amino-alcohol motifs (C(OH)–C–C–N with tert-alkyl or cyclic N) is 1. The van der Waals surface area contributed by atoms with Crippen LogP contribution in [0.2, 0.25) is 0 Å². The van der Waals surface area contributed by atoms with Crippen LogP contribution in [0.1, 0.15) is 28.4 Å². The molecule has 2 aromatic carbocycles. The monoisotopic (exact) mass is 417 g/mol. The maximum absolute atomic E-state index is 14.3. The Morgan fingerprint density at radius 1 is 1.27 bits per heavy atom. The smallest absolute Gasteiger partial charge is 0.387 e. The third kappa shape index (κ3) is 3.88. The lowest BCUT2D eigenvalue weighted by Gasteiger charge is -2.25. The van der Waals surface area contributed by atoms with Crippen molar-refractivity contribution in [3.05, 3.63) is 71.8 Å². The number of carbonyl (C=O) groups is 1. The van der Waals surface area contributed by atoms with Gasteiger partial charge in [-0.2, -0.15) is 13.9 Å². The summed E-state index contributed by atoms with van der Waals surface area (Å²) in [6.45, 7) is -3.08. The molecule has 0 radical (unpaired) electrons. The van der Waals surface area contributed by atoms with E-state index in [0.29, 0.717) is 16.7 Å². The van der Waals surface area contributed by atoms with Gasteiger partial charge >= 0.3 is 6.61 Å². The number of carbonyl (C=O) groups excluding carboxylic acids is 1. The van der Waals surface area contributed by atoms with Crippen LogP contribution in [0, 0.1) is 5.82 Å². The van der Waals surface area contributed by atoms with Gasteiger partial charge in [0.25, 0.3) is 5.91 Å². The molecule has 9 heteroatoms. The number of benzene rings is 2. The molecule has 6 nitrogen and oxygen atoms in total. The number of H-pyrrole nitrogens is 1. The van der Waals surface area contributed by atoms with Crippen molar-refractivity contribution in [2.75, 3.05) is 6.54 Å². The summed E-state index contributed by atoms with van der Waals surface area (Å²) in [5.74, 6) is -1.18. The molecule has 156 valence electrons. The number of halogens is 3. The Bertz CT molecular complexity index is 1040. The summed E-state index contributed by atoms with van der Waals surface area (Å²) in [5, 5.41) is 16.5. The van der Waals surface area contributed by atoms with Crippen LogP contribution in [-0.4, -0.2) is 45.4 Å². The van der Waals surface area contributed by atoms with Crippen molar-refractivity contribution in [2.24, 2.45) is 0 Å². The number of aromatic nitrogens is 2. The van der Waals surface area contributed by atoms with Crippen LogP contribution < -0.4 is 4.74 Å². The molecule has 0 bridgehead atoms. The van der Waals surface area contributed by atoms with Crippen molar-refractivity contribution < 1.29 is 27.8 Å². The Kier molecular flexibility index (Phi) is 5.45. The molecule has 0 aliphatic carbocycles. The minimum absolute atomic E-state index is 0.00630. The second-order valence-corrected chi connectivity index (χ2v) is 6.96. The summed E-state index contributed by atoms with van der Waals surface area (Å²) in [6, 6.07) is 9.57. The van der Waals surface area contributed by atoms with Crippen LogP contribution in [0.15, 0.2) is 54.9 Å². The van der Waals surface area contributed by atoms with E-state index in [4.69, 9.17) is 0 Å². The van der Waals surface area contributed by atoms with Gasteiger partial charge in [-0.05, 0) is 30.7 Å². The van der Waals surface area contributed by atoms with Crippen LogP contribution in [0.5, 0.6) is 5.75 Å². The first-order chi connectivity index (χ1) is 14.4. The molecule has 0 saturated carbocycles. The number of nitrogens with one attached hydrogen (secondary N) is 1. The standard InChI is InChI=1S/C21H18F3N3O3/c22-17-4-2-1-3-16(17)18-8-14(28)11-27(18)20(29)12-5-6-15(13-9-25-26-10-13)19(7-12)30-21(23)24/h1-7,9-10,14,18,21,28H,8,11H2,(H,25,26). The summed E-state index contributed by atoms with van der Waals surface area (Å²) in [5.41, 5.74) is 1.24. The number of aliphatic hydroxyl groups is 1. The van der Waals surface area contributed by atoms with Gasteiger partial charge in [0.15, 0.2) is 0 Å². The minimum Gasteiger partial charge on any atom is -0.434 e. The normalized spacial score (nSPS) is 18.8. The molecule has 2 unspecified atom stereocenters. The molecule has 2 heterocycles. The van der Waals surface area contributed by atoms with Gasteiger partial charge in [0.05, 0.1) is 18.3 Å². The van der Waals surface area contributed by atoms with Gasteiger partial charge in [-0.3, -0.25) is 9.89 Å². The van der Waals surface area contributed by atoms with Gasteiger partial charge < -0.3 is 14.7 Å². The third-order valence-corrected chi connectivity index (χ3v) is 5.06. The van der Waals surface area contributed by atoms with Gasteiger partial charge in [-0.25, -0.2) is 4.39 Å². The van der Waals surface area contributed by atoms with E-state index in [-0.39, 0.29) is 24.3 Å². The molecule has 2 atom stereocenters. The number of ether oxygens (including phenoxy) is 1. The van der Waals surface area contributed by atoms with Crippen LogP contribution in [0.25, 0.3) is 11.1 Å². The number of rotatable bonds is 5. The molecule has 3 aromatic rings. The average molecular weight is 417 g/mol. The number of alkyl halides is 2. The number of amides is 1. The van der Waals surface area contributed by atoms with E-state index in [2.05, 4.69) is 14.9 Å². The Hall–Kier alpha value is -3.33. The highest BCUT2D eigenvalue weighted by atomic mass is 19.3. The highest BCUT2D eigenvalue weighted by Crippen LogP contribution is 2.37. The zero-order valence-corrected chi connectivity index (χ0v) is 15.6. The first kappa shape index (κ1) is 20.0. The highest BCUT2D eigenvalue weighted by Gasteiger charge is 2.37. The third-order valence-electron chi connectivity index (χ3n) is 5.06. The van der Waals surface area contributed by atoms with Gasteiger partial charge in [-0.15, -0.1) is 0 Å². The van der Waals surface area contributed by atoms with E-state index in [1.165, 1.54) is 41.6 Å². The van der Waals surface area contributed by atoms with Crippen LogP contribution in [-0.2, 0) is 0 Å². The lowest BCUT2D eigenvalue weighted by atomic mass is 10.0. The Labute approximate surface area is 169 Å². The van der Waals surface area contributed by atoms with Crippen molar-refractivity contribution >= 4 is 5.91 Å². The number of aliphatic hydroxyl groups excluding tert-OH is 1. The van der Waals surface area contributed by atoms with E-state index < -0.39 is 30.5 Å². The molecule has 1 aliphatic heterocycles. The lowest BCUT2D eigenvalue weighted by Crippen LogP contribution is -2.32. The quantitative estimate of drug-likeness (QED) is 0.663. The average Bonchev–Trinajstić information content (AvgIpc) is 3.37. The first-order valence-electron chi connectivity index (χ1n) is 9.25. The SMILES string of the molecule is O=C(c1ccc(-c2cn[nH]c2)c(OC(F)F)c1)N1CC(O)CC1c1ccccc1F. The first-order valence-corrected chi connectivity index (χ1v) is 9.25. The molecule has 30 heavy (non-hydrogen) atoms. The molecule has 1 aliphatic rings. The fraction of sp³-hybridized carbons (Fsp3) is 0.238. The number of nitrogens with zero attached hydrogens (tertiary/aromatic N) is 2. The van der Waals surface area contributed by atoms with Crippen LogP contribution in [0.3, 0.4) is 0 Å². The van der Waals surface area contributed by atoms with Crippen molar-refractivity contribution in [3.8, 4) is 16.9 Å². The maximum atomic E-state index is 14.3. The van der Waals surface area contributed by atoms with Crippen molar-refractivity contribution in [2.45, 2.75) is 25.2 Å². The molecule has 4 rings (SSSR count). The number of likely N-dealkylation sites (tertiary alicyclic amines) is 1. The van der Waals surface area contributed by atoms with Gasteiger partial charge in [0, 0.05) is 35.0 Å². The Morgan fingerprint density at radius 2 is 2.07 bits per heavy atom. The molecule has 1 amide bonds. The second-order valence-electron chi connectivity index (χ2n) is 6.96. The molecule has 1 fully saturated rings. The summed E-state index contributed by atoms with van der Waals surface area (Å²) in [7, 11) is 0. The predicted molar refractivity (Wildman–Crippen MR) is 101 cm³/mol. The largest absolute Gasteiger partial charge is 0.434 e. The zero-order valence-electron chi connectivity index (χ0n) is 15.6.